The summed E-state index contributed by atoms with van der Waals surface area (Å²) in [5, 5.41) is 3.54. The van der Waals surface area contributed by atoms with Gasteiger partial charge in [0, 0.05) is 16.7 Å². The molecule has 1 aromatic rings. The fraction of sp³-hybridized carbons (Fsp3) is 0.600. The van der Waals surface area contributed by atoms with E-state index in [9.17, 15) is 0 Å². The average Bonchev–Trinajstić information content (AvgIpc) is 2.34. The van der Waals surface area contributed by atoms with Crippen molar-refractivity contribution in [2.75, 3.05) is 11.9 Å². The number of hydrogen-bond donors (Lipinski definition) is 1. The van der Waals surface area contributed by atoms with E-state index in [1.54, 1.807) is 0 Å². The molecule has 1 rings (SSSR count). The minimum absolute atomic E-state index is 0.801. The quantitative estimate of drug-likeness (QED) is 0.712. The van der Waals surface area contributed by atoms with Crippen LogP contribution in [0, 0.1) is 12.8 Å². The first-order chi connectivity index (χ1) is 8.17. The van der Waals surface area contributed by atoms with E-state index in [1.165, 1.54) is 41.4 Å². The van der Waals surface area contributed by atoms with E-state index in [0.29, 0.717) is 0 Å². The third-order valence-electron chi connectivity index (χ3n) is 3.31. The minimum Gasteiger partial charge on any atom is -0.385 e. The van der Waals surface area contributed by atoms with Crippen LogP contribution in [0.25, 0.3) is 0 Å². The molecule has 0 aliphatic carbocycles. The monoisotopic (exact) mass is 297 g/mol. The third kappa shape index (κ3) is 5.12. The van der Waals surface area contributed by atoms with Gasteiger partial charge in [-0.25, -0.2) is 0 Å². The van der Waals surface area contributed by atoms with Gasteiger partial charge in [-0.1, -0.05) is 55.1 Å². The molecule has 1 aromatic carbocycles. The molecule has 2 heteroatoms. The Balaban J connectivity index is 2.45. The van der Waals surface area contributed by atoms with Gasteiger partial charge in [0.2, 0.25) is 0 Å². The summed E-state index contributed by atoms with van der Waals surface area (Å²) < 4.78 is 1.18. The number of hydrogen-bond acceptors (Lipinski definition) is 1. The third-order valence-corrected chi connectivity index (χ3v) is 4.16. The summed E-state index contributed by atoms with van der Waals surface area (Å²) in [7, 11) is 0. The molecule has 17 heavy (non-hydrogen) atoms. The fourth-order valence-electron chi connectivity index (χ4n) is 1.91. The van der Waals surface area contributed by atoms with Crippen molar-refractivity contribution in [1.29, 1.82) is 0 Å². The summed E-state index contributed by atoms with van der Waals surface area (Å²) in [6.45, 7) is 7.75. The van der Waals surface area contributed by atoms with Gasteiger partial charge in [-0.2, -0.15) is 0 Å². The Kier molecular flexibility index (Phi) is 6.64. The lowest BCUT2D eigenvalue weighted by atomic mass is 9.99. The van der Waals surface area contributed by atoms with E-state index in [2.05, 4.69) is 60.2 Å². The van der Waals surface area contributed by atoms with E-state index < -0.39 is 0 Å². The van der Waals surface area contributed by atoms with E-state index in [4.69, 9.17) is 0 Å². The standard InChI is InChI=1S/C15H24BrN/c1-4-6-7-13(5-2)11-17-14-9-8-12(3)15(16)10-14/h8-10,13,17H,4-7,11H2,1-3H3. The maximum absolute atomic E-state index is 3.57. The zero-order valence-electron chi connectivity index (χ0n) is 11.2. The highest BCUT2D eigenvalue weighted by atomic mass is 79.9. The molecule has 1 atom stereocenters. The maximum Gasteiger partial charge on any atom is 0.0351 e. The number of anilines is 1. The highest BCUT2D eigenvalue weighted by Crippen LogP contribution is 2.21. The zero-order valence-corrected chi connectivity index (χ0v) is 12.8. The first-order valence-corrected chi connectivity index (χ1v) is 7.46. The molecule has 0 saturated carbocycles. The van der Waals surface area contributed by atoms with Crippen LogP contribution in [0.5, 0.6) is 0 Å². The highest BCUT2D eigenvalue weighted by Gasteiger charge is 2.05. The second kappa shape index (κ2) is 7.75. The van der Waals surface area contributed by atoms with Crippen LogP contribution >= 0.6 is 15.9 Å². The van der Waals surface area contributed by atoms with Gasteiger partial charge in [0.15, 0.2) is 0 Å². The molecule has 0 heterocycles. The first-order valence-electron chi connectivity index (χ1n) is 6.67. The molecule has 0 aliphatic heterocycles. The lowest BCUT2D eigenvalue weighted by Gasteiger charge is -2.16. The predicted octanol–water partition coefficient (Wildman–Crippen LogP) is 5.39. The minimum atomic E-state index is 0.801. The van der Waals surface area contributed by atoms with Gasteiger partial charge in [-0.15, -0.1) is 0 Å². The van der Waals surface area contributed by atoms with Gasteiger partial charge in [0.05, 0.1) is 0 Å². The first kappa shape index (κ1) is 14.6. The lowest BCUT2D eigenvalue weighted by Crippen LogP contribution is -2.13. The summed E-state index contributed by atoms with van der Waals surface area (Å²) >= 11 is 3.57. The van der Waals surface area contributed by atoms with Gasteiger partial charge < -0.3 is 5.32 Å². The molecule has 1 N–H and O–H groups in total. The van der Waals surface area contributed by atoms with Crippen molar-refractivity contribution in [3.63, 3.8) is 0 Å². The fourth-order valence-corrected chi connectivity index (χ4v) is 2.29. The molecule has 0 aliphatic rings. The van der Waals surface area contributed by atoms with Gasteiger partial charge in [0.25, 0.3) is 0 Å². The van der Waals surface area contributed by atoms with E-state index in [-0.39, 0.29) is 0 Å². The Bertz CT molecular complexity index is 336. The predicted molar refractivity (Wildman–Crippen MR) is 80.7 cm³/mol. The van der Waals surface area contributed by atoms with Gasteiger partial charge in [-0.3, -0.25) is 0 Å². The number of rotatable bonds is 7. The molecule has 1 unspecified atom stereocenters. The molecule has 0 bridgehead atoms. The smallest absolute Gasteiger partial charge is 0.0351 e. The molecule has 1 nitrogen and oxygen atoms in total. The number of halogens is 1. The highest BCUT2D eigenvalue weighted by molar-refractivity contribution is 9.10. The summed E-state index contributed by atoms with van der Waals surface area (Å²) in [5.41, 5.74) is 2.51. The van der Waals surface area contributed by atoms with E-state index >= 15 is 0 Å². The molecule has 0 saturated heterocycles. The second-order valence-electron chi connectivity index (χ2n) is 4.76. The Morgan fingerprint density at radius 2 is 2.06 bits per heavy atom. The Morgan fingerprint density at radius 1 is 1.29 bits per heavy atom. The zero-order chi connectivity index (χ0) is 12.7. The topological polar surface area (TPSA) is 12.0 Å². The molecule has 0 fully saturated rings. The van der Waals surface area contributed by atoms with Crippen molar-refractivity contribution >= 4 is 21.6 Å². The van der Waals surface area contributed by atoms with Crippen LogP contribution in [-0.2, 0) is 0 Å². The van der Waals surface area contributed by atoms with Gasteiger partial charge in [0.1, 0.15) is 0 Å². The van der Waals surface area contributed by atoms with E-state index in [1.807, 2.05) is 0 Å². The SMILES string of the molecule is CCCCC(CC)CNc1ccc(C)c(Br)c1. The molecular weight excluding hydrogens is 274 g/mol. The summed E-state index contributed by atoms with van der Waals surface area (Å²) in [4.78, 5) is 0. The summed E-state index contributed by atoms with van der Waals surface area (Å²) in [6.07, 6.45) is 5.25. The number of nitrogens with one attached hydrogen (secondary N) is 1. The van der Waals surface area contributed by atoms with Gasteiger partial charge >= 0.3 is 0 Å². The molecule has 0 amide bonds. The maximum atomic E-state index is 3.57. The van der Waals surface area contributed by atoms with Crippen molar-refractivity contribution in [1.82, 2.24) is 0 Å². The van der Waals surface area contributed by atoms with Gasteiger partial charge in [-0.05, 0) is 37.0 Å². The normalized spacial score (nSPS) is 12.5. The number of unbranched alkanes of at least 4 members (excludes halogenated alkanes) is 1. The number of benzene rings is 1. The van der Waals surface area contributed by atoms with Crippen molar-refractivity contribution < 1.29 is 0 Å². The van der Waals surface area contributed by atoms with Crippen molar-refractivity contribution in [3.05, 3.63) is 28.2 Å². The summed E-state index contributed by atoms with van der Waals surface area (Å²) in [5.74, 6) is 0.801. The molecule has 96 valence electrons. The van der Waals surface area contributed by atoms with E-state index in [0.717, 1.165) is 12.5 Å². The Hall–Kier alpha value is -0.500. The molecule has 0 radical (unpaired) electrons. The molecule has 0 spiro atoms. The van der Waals surface area contributed by atoms with Crippen LogP contribution in [0.1, 0.15) is 45.1 Å². The van der Waals surface area contributed by atoms with Crippen LogP contribution in [0.3, 0.4) is 0 Å². The molecule has 0 aromatic heterocycles. The summed E-state index contributed by atoms with van der Waals surface area (Å²) in [6, 6.07) is 6.48. The van der Waals surface area contributed by atoms with Crippen LogP contribution in [0.15, 0.2) is 22.7 Å². The second-order valence-corrected chi connectivity index (χ2v) is 5.62. The van der Waals surface area contributed by atoms with Crippen molar-refractivity contribution in [2.45, 2.75) is 46.5 Å². The van der Waals surface area contributed by atoms with Crippen molar-refractivity contribution in [3.8, 4) is 0 Å². The van der Waals surface area contributed by atoms with Crippen LogP contribution in [-0.4, -0.2) is 6.54 Å². The lowest BCUT2D eigenvalue weighted by molar-refractivity contribution is 0.473. The molecular formula is C15H24BrN. The Labute approximate surface area is 114 Å². The van der Waals surface area contributed by atoms with Crippen molar-refractivity contribution in [2.24, 2.45) is 5.92 Å². The van der Waals surface area contributed by atoms with Crippen LogP contribution < -0.4 is 5.32 Å². The van der Waals surface area contributed by atoms with Crippen LogP contribution in [0.2, 0.25) is 0 Å². The largest absolute Gasteiger partial charge is 0.385 e. The number of aryl methyl sites for hydroxylation is 1. The average molecular weight is 298 g/mol. The van der Waals surface area contributed by atoms with Crippen LogP contribution in [0.4, 0.5) is 5.69 Å². The Morgan fingerprint density at radius 3 is 2.65 bits per heavy atom.